The molecular weight excluding hydrogens is 191 g/mol. The third-order valence-electron chi connectivity index (χ3n) is 1.32. The molecule has 0 N–H and O–H groups in total. The van der Waals surface area contributed by atoms with Crippen molar-refractivity contribution >= 4 is 11.6 Å². The largest absolute Gasteiger partial charge is 0.488 e. The van der Waals surface area contributed by atoms with E-state index >= 15 is 0 Å². The molecule has 1 nitrogen and oxygen atoms in total. The Labute approximate surface area is 82.5 Å². The van der Waals surface area contributed by atoms with Gasteiger partial charge < -0.3 is 4.74 Å². The van der Waals surface area contributed by atoms with Crippen molar-refractivity contribution in [1.82, 2.24) is 0 Å². The van der Waals surface area contributed by atoms with Gasteiger partial charge in [-0.15, -0.1) is 0 Å². The van der Waals surface area contributed by atoms with Crippen molar-refractivity contribution in [3.05, 3.63) is 29.0 Å². The van der Waals surface area contributed by atoms with Crippen LogP contribution in [0.4, 0.5) is 4.39 Å². The van der Waals surface area contributed by atoms with E-state index in [2.05, 4.69) is 0 Å². The van der Waals surface area contributed by atoms with Gasteiger partial charge in [0.2, 0.25) is 0 Å². The third kappa shape index (κ3) is 3.23. The lowest BCUT2D eigenvalue weighted by Crippen LogP contribution is -2.22. The van der Waals surface area contributed by atoms with Crippen LogP contribution in [0, 0.1) is 5.82 Å². The summed E-state index contributed by atoms with van der Waals surface area (Å²) >= 11 is 5.52. The van der Waals surface area contributed by atoms with Gasteiger partial charge in [0.15, 0.2) is 0 Å². The van der Waals surface area contributed by atoms with Crippen LogP contribution in [0.25, 0.3) is 0 Å². The van der Waals surface area contributed by atoms with E-state index in [0.717, 1.165) is 0 Å². The van der Waals surface area contributed by atoms with Crippen LogP contribution in [0.1, 0.15) is 20.8 Å². The lowest BCUT2D eigenvalue weighted by Gasteiger charge is -2.21. The van der Waals surface area contributed by atoms with Crippen LogP contribution in [-0.2, 0) is 0 Å². The van der Waals surface area contributed by atoms with Gasteiger partial charge in [0.05, 0.1) is 5.02 Å². The van der Waals surface area contributed by atoms with Crippen molar-refractivity contribution < 1.29 is 9.13 Å². The zero-order valence-corrected chi connectivity index (χ0v) is 8.65. The van der Waals surface area contributed by atoms with Gasteiger partial charge in [0.1, 0.15) is 17.2 Å². The molecule has 0 aromatic heterocycles. The minimum atomic E-state index is -0.455. The summed E-state index contributed by atoms with van der Waals surface area (Å²) in [5.74, 6) is 0.0396. The van der Waals surface area contributed by atoms with E-state index in [1.165, 1.54) is 12.1 Å². The molecule has 1 aromatic carbocycles. The molecule has 0 aliphatic rings. The molecule has 0 spiro atoms. The molecule has 0 radical (unpaired) electrons. The summed E-state index contributed by atoms with van der Waals surface area (Å²) < 4.78 is 18.4. The predicted molar refractivity (Wildman–Crippen MR) is 51.8 cm³/mol. The molecule has 1 rings (SSSR count). The van der Waals surface area contributed by atoms with Crippen LogP contribution in [0.15, 0.2) is 18.2 Å². The molecule has 0 aliphatic heterocycles. The lowest BCUT2D eigenvalue weighted by atomic mass is 10.2. The number of halogens is 2. The first-order chi connectivity index (χ1) is 5.88. The van der Waals surface area contributed by atoms with E-state index < -0.39 is 5.82 Å². The fraction of sp³-hybridized carbons (Fsp3) is 0.400. The van der Waals surface area contributed by atoms with Crippen molar-refractivity contribution in [1.29, 1.82) is 0 Å². The second-order valence-electron chi connectivity index (χ2n) is 3.79. The van der Waals surface area contributed by atoms with Crippen molar-refractivity contribution in [2.45, 2.75) is 26.4 Å². The Morgan fingerprint density at radius 1 is 1.31 bits per heavy atom. The average Bonchev–Trinajstić information content (AvgIpc) is 1.94. The standard InChI is InChI=1S/C10H12ClFO/c1-10(2,3)13-7-4-5-8(11)9(12)6-7/h4-6H,1-3H3. The van der Waals surface area contributed by atoms with E-state index in [1.54, 1.807) is 6.07 Å². The minimum Gasteiger partial charge on any atom is -0.488 e. The van der Waals surface area contributed by atoms with Gasteiger partial charge in [-0.1, -0.05) is 11.6 Å². The van der Waals surface area contributed by atoms with Crippen molar-refractivity contribution in [3.63, 3.8) is 0 Å². The molecule has 72 valence electrons. The molecule has 0 saturated carbocycles. The molecule has 0 bridgehead atoms. The number of hydrogen-bond donors (Lipinski definition) is 0. The highest BCUT2D eigenvalue weighted by molar-refractivity contribution is 6.30. The number of ether oxygens (including phenoxy) is 1. The Hall–Kier alpha value is -0.760. The average molecular weight is 203 g/mol. The maximum absolute atomic E-state index is 12.9. The molecule has 0 fully saturated rings. The summed E-state index contributed by atoms with van der Waals surface area (Å²) in [6.07, 6.45) is 0. The molecule has 0 saturated heterocycles. The molecule has 0 aliphatic carbocycles. The number of hydrogen-bond acceptors (Lipinski definition) is 1. The summed E-state index contributed by atoms with van der Waals surface area (Å²) in [6.45, 7) is 5.71. The van der Waals surface area contributed by atoms with Crippen molar-refractivity contribution in [2.24, 2.45) is 0 Å². The van der Waals surface area contributed by atoms with E-state index in [4.69, 9.17) is 16.3 Å². The second kappa shape index (κ2) is 3.54. The SMILES string of the molecule is CC(C)(C)Oc1ccc(Cl)c(F)c1. The summed E-state index contributed by atoms with van der Waals surface area (Å²) in [6, 6.07) is 4.42. The molecule has 0 unspecified atom stereocenters. The maximum atomic E-state index is 12.9. The fourth-order valence-corrected chi connectivity index (χ4v) is 1.01. The smallest absolute Gasteiger partial charge is 0.145 e. The highest BCUT2D eigenvalue weighted by atomic mass is 35.5. The highest BCUT2D eigenvalue weighted by Gasteiger charge is 2.12. The summed E-state index contributed by atoms with van der Waals surface area (Å²) in [5, 5.41) is 0.112. The molecule has 1 aromatic rings. The van der Waals surface area contributed by atoms with Crippen LogP contribution in [0.2, 0.25) is 5.02 Å². The molecule has 0 heterocycles. The Morgan fingerprint density at radius 3 is 2.38 bits per heavy atom. The molecule has 13 heavy (non-hydrogen) atoms. The zero-order valence-electron chi connectivity index (χ0n) is 7.90. The van der Waals surface area contributed by atoms with Crippen molar-refractivity contribution in [2.75, 3.05) is 0 Å². The topological polar surface area (TPSA) is 9.23 Å². The lowest BCUT2D eigenvalue weighted by molar-refractivity contribution is 0.130. The van der Waals surface area contributed by atoms with Crippen LogP contribution in [-0.4, -0.2) is 5.60 Å². The van der Waals surface area contributed by atoms with Crippen molar-refractivity contribution in [3.8, 4) is 5.75 Å². The van der Waals surface area contributed by atoms with E-state index in [-0.39, 0.29) is 10.6 Å². The predicted octanol–water partition coefficient (Wildman–Crippen LogP) is 3.66. The quantitative estimate of drug-likeness (QED) is 0.676. The Bertz CT molecular complexity index is 304. The minimum absolute atomic E-state index is 0.112. The van der Waals surface area contributed by atoms with Crippen LogP contribution in [0.3, 0.4) is 0 Å². The summed E-state index contributed by atoms with van der Waals surface area (Å²) in [4.78, 5) is 0. The zero-order chi connectivity index (χ0) is 10.1. The monoisotopic (exact) mass is 202 g/mol. The van der Waals surface area contributed by atoms with Gasteiger partial charge in [-0.3, -0.25) is 0 Å². The molecule has 3 heteroatoms. The van der Waals surface area contributed by atoms with Gasteiger partial charge in [-0.2, -0.15) is 0 Å². The fourth-order valence-electron chi connectivity index (χ4n) is 0.894. The second-order valence-corrected chi connectivity index (χ2v) is 4.20. The Balaban J connectivity index is 2.86. The number of benzene rings is 1. The van der Waals surface area contributed by atoms with Crippen LogP contribution >= 0.6 is 11.6 Å². The van der Waals surface area contributed by atoms with E-state index in [0.29, 0.717) is 5.75 Å². The Morgan fingerprint density at radius 2 is 1.92 bits per heavy atom. The van der Waals surface area contributed by atoms with Crippen LogP contribution in [0.5, 0.6) is 5.75 Å². The van der Waals surface area contributed by atoms with E-state index in [1.807, 2.05) is 20.8 Å². The highest BCUT2D eigenvalue weighted by Crippen LogP contribution is 2.23. The number of rotatable bonds is 1. The third-order valence-corrected chi connectivity index (χ3v) is 1.62. The maximum Gasteiger partial charge on any atom is 0.145 e. The first-order valence-electron chi connectivity index (χ1n) is 4.02. The molecular formula is C10H12ClFO. The first-order valence-corrected chi connectivity index (χ1v) is 4.40. The molecule has 0 amide bonds. The van der Waals surface area contributed by atoms with Gasteiger partial charge in [-0.05, 0) is 32.9 Å². The normalized spacial score (nSPS) is 11.5. The summed E-state index contributed by atoms with van der Waals surface area (Å²) in [7, 11) is 0. The Kier molecular flexibility index (Phi) is 2.81. The first kappa shape index (κ1) is 10.3. The van der Waals surface area contributed by atoms with Gasteiger partial charge in [0, 0.05) is 6.07 Å². The molecule has 0 atom stereocenters. The van der Waals surface area contributed by atoms with E-state index in [9.17, 15) is 4.39 Å². The van der Waals surface area contributed by atoms with Gasteiger partial charge in [0.25, 0.3) is 0 Å². The van der Waals surface area contributed by atoms with Crippen LogP contribution < -0.4 is 4.74 Å². The summed E-state index contributed by atoms with van der Waals surface area (Å²) in [5.41, 5.74) is -0.319. The van der Waals surface area contributed by atoms with Gasteiger partial charge >= 0.3 is 0 Å². The van der Waals surface area contributed by atoms with Gasteiger partial charge in [-0.25, -0.2) is 4.39 Å².